The lowest BCUT2D eigenvalue weighted by molar-refractivity contribution is -0.137. The maximum Gasteiger partial charge on any atom is 0.303 e. The molecule has 1 rings (SSSR count). The molecular formula is C13H20O9. The molecule has 9 nitrogen and oxygen atoms in total. The summed E-state index contributed by atoms with van der Waals surface area (Å²) in [7, 11) is 0. The standard InChI is InChI=1S/C6H6O3.2C3H6O2.CH2O2/c7-4-1-5(8)3-6(9)2-4;2*1-2-3(4)5;2-1-3/h1-3,7-9H;2*2H2,1H3,(H,4,5);1H,(H,2,3). The number of rotatable bonds is 2. The molecule has 126 valence electrons. The number of benzene rings is 1. The monoisotopic (exact) mass is 320 g/mol. The van der Waals surface area contributed by atoms with Crippen LogP contribution in [0.4, 0.5) is 0 Å². The van der Waals surface area contributed by atoms with Crippen molar-refractivity contribution in [2.45, 2.75) is 26.7 Å². The van der Waals surface area contributed by atoms with Crippen LogP contribution in [0.2, 0.25) is 0 Å². The van der Waals surface area contributed by atoms with E-state index in [2.05, 4.69) is 0 Å². The van der Waals surface area contributed by atoms with Crippen LogP contribution >= 0.6 is 0 Å². The van der Waals surface area contributed by atoms with Crippen LogP contribution in [-0.2, 0) is 14.4 Å². The summed E-state index contributed by atoms with van der Waals surface area (Å²) in [6, 6.07) is 3.42. The molecule has 0 amide bonds. The molecule has 0 fully saturated rings. The summed E-state index contributed by atoms with van der Waals surface area (Å²) in [6.07, 6.45) is 0.444. The number of hydrogen-bond donors (Lipinski definition) is 6. The van der Waals surface area contributed by atoms with Gasteiger partial charge in [0.15, 0.2) is 0 Å². The van der Waals surface area contributed by atoms with Crippen molar-refractivity contribution in [3.05, 3.63) is 18.2 Å². The molecule has 0 unspecified atom stereocenters. The van der Waals surface area contributed by atoms with Crippen LogP contribution < -0.4 is 0 Å². The zero-order valence-electron chi connectivity index (χ0n) is 12.1. The molecule has 0 radical (unpaired) electrons. The second-order valence-electron chi connectivity index (χ2n) is 3.31. The highest BCUT2D eigenvalue weighted by atomic mass is 16.4. The van der Waals surface area contributed by atoms with E-state index in [1.807, 2.05) is 0 Å². The summed E-state index contributed by atoms with van der Waals surface area (Å²) in [6.45, 7) is 2.95. The van der Waals surface area contributed by atoms with Gasteiger partial charge in [0, 0.05) is 31.0 Å². The van der Waals surface area contributed by atoms with E-state index in [9.17, 15) is 9.59 Å². The molecule has 1 aromatic carbocycles. The van der Waals surface area contributed by atoms with Crippen LogP contribution in [0.25, 0.3) is 0 Å². The molecule has 0 aliphatic heterocycles. The third-order valence-electron chi connectivity index (χ3n) is 1.49. The minimum absolute atomic E-state index is 0.146. The van der Waals surface area contributed by atoms with Gasteiger partial charge in [-0.05, 0) is 0 Å². The lowest BCUT2D eigenvalue weighted by atomic mass is 10.3. The molecule has 0 atom stereocenters. The van der Waals surface area contributed by atoms with E-state index in [0.717, 1.165) is 18.2 Å². The highest BCUT2D eigenvalue weighted by Gasteiger charge is 1.94. The number of carboxylic acids is 2. The highest BCUT2D eigenvalue weighted by Crippen LogP contribution is 2.23. The third kappa shape index (κ3) is 25.8. The normalized spacial score (nSPS) is 7.73. The quantitative estimate of drug-likeness (QED) is 0.441. The van der Waals surface area contributed by atoms with Crippen LogP contribution in [-0.4, -0.2) is 49.0 Å². The molecule has 0 aliphatic carbocycles. The second-order valence-corrected chi connectivity index (χ2v) is 3.31. The summed E-state index contributed by atoms with van der Waals surface area (Å²) >= 11 is 0. The van der Waals surface area contributed by atoms with E-state index < -0.39 is 11.9 Å². The Labute approximate surface area is 126 Å². The summed E-state index contributed by atoms with van der Waals surface area (Å²) in [4.78, 5) is 27.1. The Kier molecular flexibility index (Phi) is 17.6. The van der Waals surface area contributed by atoms with Crippen molar-refractivity contribution in [2.75, 3.05) is 0 Å². The van der Waals surface area contributed by atoms with Crippen molar-refractivity contribution in [1.29, 1.82) is 0 Å². The molecular weight excluding hydrogens is 300 g/mol. The lowest BCUT2D eigenvalue weighted by Crippen LogP contribution is -1.86. The Hall–Kier alpha value is -2.97. The predicted octanol–water partition coefficient (Wildman–Crippen LogP) is 1.47. The minimum Gasteiger partial charge on any atom is -0.508 e. The SMILES string of the molecule is CCC(=O)O.CCC(=O)O.O=CO.Oc1cc(O)cc(O)c1. The van der Waals surface area contributed by atoms with Crippen LogP contribution in [0.15, 0.2) is 18.2 Å². The van der Waals surface area contributed by atoms with Crippen molar-refractivity contribution >= 4 is 18.4 Å². The first-order chi connectivity index (χ1) is 10.1. The number of aromatic hydroxyl groups is 3. The van der Waals surface area contributed by atoms with Crippen molar-refractivity contribution in [3.63, 3.8) is 0 Å². The first-order valence-corrected chi connectivity index (χ1v) is 5.87. The van der Waals surface area contributed by atoms with Crippen LogP contribution in [0, 0.1) is 0 Å². The number of phenolic OH excluding ortho intramolecular Hbond substituents is 3. The fourth-order valence-electron chi connectivity index (χ4n) is 0.580. The van der Waals surface area contributed by atoms with Crippen molar-refractivity contribution in [1.82, 2.24) is 0 Å². The molecule has 0 aromatic heterocycles. The number of aliphatic carboxylic acids is 2. The molecule has 9 heteroatoms. The lowest BCUT2D eigenvalue weighted by Gasteiger charge is -1.94. The highest BCUT2D eigenvalue weighted by molar-refractivity contribution is 5.66. The second kappa shape index (κ2) is 16.1. The Bertz CT molecular complexity index is 379. The maximum atomic E-state index is 9.37. The molecule has 1 aromatic rings. The number of carboxylic acid groups (broad SMARTS) is 3. The van der Waals surface area contributed by atoms with Gasteiger partial charge in [-0.15, -0.1) is 0 Å². The molecule has 0 heterocycles. The average Bonchev–Trinajstić information content (AvgIpc) is 2.39. The van der Waals surface area contributed by atoms with Crippen LogP contribution in [0.5, 0.6) is 17.2 Å². The molecule has 0 bridgehead atoms. The molecule has 0 saturated carbocycles. The summed E-state index contributed by atoms with van der Waals surface area (Å²) in [5.41, 5.74) is 0. The molecule has 6 N–H and O–H groups in total. The van der Waals surface area contributed by atoms with Gasteiger partial charge in [-0.1, -0.05) is 13.8 Å². The summed E-state index contributed by atoms with van der Waals surface area (Å²) in [5.74, 6) is -1.93. The predicted molar refractivity (Wildman–Crippen MR) is 76.0 cm³/mol. The number of phenols is 3. The van der Waals surface area contributed by atoms with E-state index in [4.69, 9.17) is 35.4 Å². The van der Waals surface area contributed by atoms with Crippen LogP contribution in [0.1, 0.15) is 26.7 Å². The Morgan fingerprint density at radius 2 is 1.00 bits per heavy atom. The zero-order valence-corrected chi connectivity index (χ0v) is 12.1. The summed E-state index contributed by atoms with van der Waals surface area (Å²) < 4.78 is 0. The number of carbonyl (C=O) groups is 3. The van der Waals surface area contributed by atoms with Crippen molar-refractivity contribution in [3.8, 4) is 17.2 Å². The molecule has 22 heavy (non-hydrogen) atoms. The van der Waals surface area contributed by atoms with Crippen molar-refractivity contribution < 1.29 is 45.0 Å². The van der Waals surface area contributed by atoms with Gasteiger partial charge in [0.2, 0.25) is 0 Å². The molecule has 0 spiro atoms. The summed E-state index contributed by atoms with van der Waals surface area (Å²) in [5, 5.41) is 48.4. The smallest absolute Gasteiger partial charge is 0.303 e. The van der Waals surface area contributed by atoms with Crippen LogP contribution in [0.3, 0.4) is 0 Å². The van der Waals surface area contributed by atoms with Gasteiger partial charge >= 0.3 is 11.9 Å². The van der Waals surface area contributed by atoms with E-state index in [1.54, 1.807) is 13.8 Å². The Balaban J connectivity index is -0.000000241. The van der Waals surface area contributed by atoms with E-state index in [-0.39, 0.29) is 36.6 Å². The van der Waals surface area contributed by atoms with E-state index in [0.29, 0.717) is 0 Å². The molecule has 0 saturated heterocycles. The largest absolute Gasteiger partial charge is 0.508 e. The first kappa shape index (κ1) is 24.1. The topological polar surface area (TPSA) is 173 Å². The van der Waals surface area contributed by atoms with Crippen molar-refractivity contribution in [2.24, 2.45) is 0 Å². The average molecular weight is 320 g/mol. The zero-order chi connectivity index (χ0) is 18.1. The Morgan fingerprint density at radius 1 is 0.864 bits per heavy atom. The first-order valence-electron chi connectivity index (χ1n) is 5.87. The fraction of sp³-hybridized carbons (Fsp3) is 0.308. The minimum atomic E-state index is -0.745. The Morgan fingerprint density at radius 3 is 1.09 bits per heavy atom. The van der Waals surface area contributed by atoms with Gasteiger partial charge in [0.1, 0.15) is 17.2 Å². The third-order valence-corrected chi connectivity index (χ3v) is 1.49. The van der Waals surface area contributed by atoms with Gasteiger partial charge in [-0.2, -0.15) is 0 Å². The van der Waals surface area contributed by atoms with Gasteiger partial charge in [0.05, 0.1) is 0 Å². The van der Waals surface area contributed by atoms with Gasteiger partial charge in [0.25, 0.3) is 6.47 Å². The van der Waals surface area contributed by atoms with Gasteiger partial charge < -0.3 is 30.6 Å². The maximum absolute atomic E-state index is 9.37. The number of hydrogen-bond acceptors (Lipinski definition) is 6. The van der Waals surface area contributed by atoms with E-state index >= 15 is 0 Å². The van der Waals surface area contributed by atoms with Gasteiger partial charge in [-0.25, -0.2) is 0 Å². The molecule has 0 aliphatic rings. The fourth-order valence-corrected chi connectivity index (χ4v) is 0.580. The van der Waals surface area contributed by atoms with Gasteiger partial charge in [-0.3, -0.25) is 14.4 Å². The van der Waals surface area contributed by atoms with E-state index in [1.165, 1.54) is 0 Å².